The number of hydrogen-bond donors (Lipinski definition) is 1. The molecule has 5 heteroatoms. The molecule has 0 radical (unpaired) electrons. The van der Waals surface area contributed by atoms with Crippen molar-refractivity contribution >= 4 is 5.91 Å². The Balaban J connectivity index is 2.19. The molecule has 0 bridgehead atoms. The monoisotopic (exact) mass is 316 g/mol. The van der Waals surface area contributed by atoms with Crippen LogP contribution in [0.3, 0.4) is 0 Å². The van der Waals surface area contributed by atoms with Crippen molar-refractivity contribution in [1.29, 1.82) is 0 Å². The molecule has 0 fully saturated rings. The second-order valence-electron chi connectivity index (χ2n) is 5.55. The van der Waals surface area contributed by atoms with E-state index in [0.717, 1.165) is 5.56 Å². The minimum absolute atomic E-state index is 0.120. The van der Waals surface area contributed by atoms with E-state index in [0.29, 0.717) is 6.54 Å². The molecule has 1 N–H and O–H groups in total. The van der Waals surface area contributed by atoms with Gasteiger partial charge in [0.15, 0.2) is 11.6 Å². The molecule has 23 heavy (non-hydrogen) atoms. The van der Waals surface area contributed by atoms with Crippen LogP contribution in [0.2, 0.25) is 0 Å². The fraction of sp³-hybridized carbons (Fsp3) is 0.278. The van der Waals surface area contributed by atoms with E-state index in [2.05, 4.69) is 5.32 Å². The number of nitrogens with zero attached hydrogens (tertiary/aromatic N) is 1. The van der Waals surface area contributed by atoms with Crippen LogP contribution < -0.4 is 10.1 Å². The number of ether oxygens (including phenoxy) is 1. The van der Waals surface area contributed by atoms with Crippen molar-refractivity contribution in [3.05, 3.63) is 65.5 Å². The van der Waals surface area contributed by atoms with Crippen LogP contribution in [0.15, 0.2) is 48.5 Å². The molecule has 0 aliphatic heterocycles. The van der Waals surface area contributed by atoms with Crippen LogP contribution in [0.4, 0.5) is 4.39 Å². The summed E-state index contributed by atoms with van der Waals surface area (Å²) in [5.41, 5.74) is 1.27. The predicted octanol–water partition coefficient (Wildman–Crippen LogP) is 2.87. The van der Waals surface area contributed by atoms with Crippen LogP contribution in [0.1, 0.15) is 22.0 Å². The molecule has 2 rings (SSSR count). The summed E-state index contributed by atoms with van der Waals surface area (Å²) in [5.74, 6) is -0.749. The van der Waals surface area contributed by atoms with Crippen LogP contribution in [0.5, 0.6) is 5.75 Å². The minimum atomic E-state index is -0.552. The summed E-state index contributed by atoms with van der Waals surface area (Å²) in [4.78, 5) is 14.4. The number of carbonyl (C=O) groups excluding carboxylic acids is 1. The van der Waals surface area contributed by atoms with E-state index in [9.17, 15) is 9.18 Å². The van der Waals surface area contributed by atoms with Crippen molar-refractivity contribution in [3.63, 3.8) is 0 Å². The van der Waals surface area contributed by atoms with Crippen LogP contribution >= 0.6 is 0 Å². The van der Waals surface area contributed by atoms with Crippen molar-refractivity contribution in [2.75, 3.05) is 27.7 Å². The molecule has 1 unspecified atom stereocenters. The molecule has 0 saturated heterocycles. The van der Waals surface area contributed by atoms with Crippen molar-refractivity contribution in [1.82, 2.24) is 10.2 Å². The summed E-state index contributed by atoms with van der Waals surface area (Å²) in [6.07, 6.45) is 0. The quantitative estimate of drug-likeness (QED) is 0.891. The van der Waals surface area contributed by atoms with E-state index in [4.69, 9.17) is 4.74 Å². The zero-order valence-electron chi connectivity index (χ0n) is 13.5. The highest BCUT2D eigenvalue weighted by Gasteiger charge is 2.17. The van der Waals surface area contributed by atoms with E-state index in [1.54, 1.807) is 6.07 Å². The first-order valence-corrected chi connectivity index (χ1v) is 7.35. The first kappa shape index (κ1) is 17.0. The van der Waals surface area contributed by atoms with Gasteiger partial charge >= 0.3 is 0 Å². The van der Waals surface area contributed by atoms with Crippen molar-refractivity contribution < 1.29 is 13.9 Å². The van der Waals surface area contributed by atoms with Gasteiger partial charge in [-0.25, -0.2) is 4.39 Å². The molecule has 0 aliphatic rings. The molecule has 1 atom stereocenters. The Kier molecular flexibility index (Phi) is 5.71. The molecule has 0 aliphatic carbocycles. The van der Waals surface area contributed by atoms with E-state index < -0.39 is 5.82 Å². The maximum Gasteiger partial charge on any atom is 0.251 e. The highest BCUT2D eigenvalue weighted by molar-refractivity contribution is 5.94. The molecule has 2 aromatic carbocycles. The molecule has 0 heterocycles. The van der Waals surface area contributed by atoms with E-state index in [1.807, 2.05) is 49.3 Å². The van der Waals surface area contributed by atoms with Gasteiger partial charge in [0.1, 0.15) is 0 Å². The number of nitrogens with one attached hydrogen (secondary N) is 1. The van der Waals surface area contributed by atoms with Gasteiger partial charge in [0.2, 0.25) is 0 Å². The standard InChI is InChI=1S/C18H21FN2O2/c1-21(2)12-16(13-7-5-4-6-8-13)20-18(22)14-9-10-17(23-3)15(19)11-14/h4-11,16H,12H2,1-3H3,(H,20,22). The van der Waals surface area contributed by atoms with E-state index >= 15 is 0 Å². The van der Waals surface area contributed by atoms with Crippen molar-refractivity contribution in [2.24, 2.45) is 0 Å². The average Bonchev–Trinajstić information content (AvgIpc) is 2.54. The first-order chi connectivity index (χ1) is 11.0. The smallest absolute Gasteiger partial charge is 0.251 e. The van der Waals surface area contributed by atoms with E-state index in [1.165, 1.54) is 19.2 Å². The van der Waals surface area contributed by atoms with Crippen LogP contribution in [0.25, 0.3) is 0 Å². The van der Waals surface area contributed by atoms with Crippen LogP contribution in [-0.2, 0) is 0 Å². The third kappa shape index (κ3) is 4.53. The summed E-state index contributed by atoms with van der Waals surface area (Å²) in [7, 11) is 5.27. The second-order valence-corrected chi connectivity index (χ2v) is 5.55. The Hall–Kier alpha value is -2.40. The number of amides is 1. The van der Waals surface area contributed by atoms with Gasteiger partial charge in [-0.3, -0.25) is 4.79 Å². The van der Waals surface area contributed by atoms with Gasteiger partial charge in [0.25, 0.3) is 5.91 Å². The number of hydrogen-bond acceptors (Lipinski definition) is 3. The van der Waals surface area contributed by atoms with Gasteiger partial charge in [0, 0.05) is 12.1 Å². The van der Waals surface area contributed by atoms with Crippen LogP contribution in [-0.4, -0.2) is 38.6 Å². The predicted molar refractivity (Wildman–Crippen MR) is 88.2 cm³/mol. The SMILES string of the molecule is COc1ccc(C(=O)NC(CN(C)C)c2ccccc2)cc1F. The Morgan fingerprint density at radius 1 is 1.22 bits per heavy atom. The molecule has 4 nitrogen and oxygen atoms in total. The fourth-order valence-electron chi connectivity index (χ4n) is 2.33. The maximum absolute atomic E-state index is 13.8. The fourth-order valence-corrected chi connectivity index (χ4v) is 2.33. The number of methoxy groups -OCH3 is 1. The largest absolute Gasteiger partial charge is 0.494 e. The van der Waals surface area contributed by atoms with Gasteiger partial charge in [-0.1, -0.05) is 30.3 Å². The van der Waals surface area contributed by atoms with E-state index in [-0.39, 0.29) is 23.3 Å². The molecule has 0 spiro atoms. The van der Waals surface area contributed by atoms with Crippen LogP contribution in [0, 0.1) is 5.82 Å². The minimum Gasteiger partial charge on any atom is -0.494 e. The molecule has 0 saturated carbocycles. The first-order valence-electron chi connectivity index (χ1n) is 7.35. The van der Waals surface area contributed by atoms with Gasteiger partial charge in [-0.05, 0) is 37.9 Å². The zero-order chi connectivity index (χ0) is 16.8. The lowest BCUT2D eigenvalue weighted by atomic mass is 10.1. The summed E-state index contributed by atoms with van der Waals surface area (Å²) in [5, 5.41) is 2.96. The summed E-state index contributed by atoms with van der Waals surface area (Å²) in [6, 6.07) is 13.7. The maximum atomic E-state index is 13.8. The molecule has 1 amide bonds. The number of halogens is 1. The van der Waals surface area contributed by atoms with Gasteiger partial charge in [-0.15, -0.1) is 0 Å². The lowest BCUT2D eigenvalue weighted by molar-refractivity contribution is 0.0929. The average molecular weight is 316 g/mol. The number of likely N-dealkylation sites (N-methyl/N-ethyl adjacent to an activating group) is 1. The second kappa shape index (κ2) is 7.74. The molecule has 122 valence electrons. The normalized spacial score (nSPS) is 12.0. The Labute approximate surface area is 135 Å². The Bertz CT molecular complexity index is 659. The highest BCUT2D eigenvalue weighted by Crippen LogP contribution is 2.19. The third-order valence-corrected chi connectivity index (χ3v) is 3.47. The summed E-state index contributed by atoms with van der Waals surface area (Å²) in [6.45, 7) is 0.647. The third-order valence-electron chi connectivity index (χ3n) is 3.47. The molecule has 2 aromatic rings. The van der Waals surface area contributed by atoms with Crippen molar-refractivity contribution in [2.45, 2.75) is 6.04 Å². The Morgan fingerprint density at radius 3 is 2.48 bits per heavy atom. The molecular formula is C18H21FN2O2. The van der Waals surface area contributed by atoms with Crippen molar-refractivity contribution in [3.8, 4) is 5.75 Å². The molecular weight excluding hydrogens is 295 g/mol. The van der Waals surface area contributed by atoms with Gasteiger partial charge < -0.3 is 15.0 Å². The topological polar surface area (TPSA) is 41.6 Å². The number of carbonyl (C=O) groups is 1. The molecule has 0 aromatic heterocycles. The lowest BCUT2D eigenvalue weighted by Gasteiger charge is -2.23. The summed E-state index contributed by atoms with van der Waals surface area (Å²) >= 11 is 0. The van der Waals surface area contributed by atoms with Gasteiger partial charge in [0.05, 0.1) is 13.2 Å². The Morgan fingerprint density at radius 2 is 1.91 bits per heavy atom. The lowest BCUT2D eigenvalue weighted by Crippen LogP contribution is -2.35. The number of rotatable bonds is 6. The summed E-state index contributed by atoms with van der Waals surface area (Å²) < 4.78 is 18.6. The number of benzene rings is 2. The zero-order valence-corrected chi connectivity index (χ0v) is 13.5. The van der Waals surface area contributed by atoms with Gasteiger partial charge in [-0.2, -0.15) is 0 Å². The highest BCUT2D eigenvalue weighted by atomic mass is 19.1.